The molecule has 104 valence electrons. The number of nitrogens with one attached hydrogen (secondary N) is 1. The van der Waals surface area contributed by atoms with E-state index >= 15 is 0 Å². The molecule has 0 aliphatic carbocycles. The first-order valence-electron chi connectivity index (χ1n) is 6.89. The van der Waals surface area contributed by atoms with Crippen LogP contribution in [0.4, 0.5) is 0 Å². The number of carbonyl (C=O) groups is 1. The van der Waals surface area contributed by atoms with Crippen LogP contribution in [0.25, 0.3) is 0 Å². The maximum Gasteiger partial charge on any atom is 0.242 e. The van der Waals surface area contributed by atoms with E-state index in [-0.39, 0.29) is 11.3 Å². The van der Waals surface area contributed by atoms with E-state index in [0.29, 0.717) is 6.54 Å². The molecular weight excluding hydrogens is 236 g/mol. The molecule has 1 N–H and O–H groups in total. The number of carbonyl (C=O) groups excluding carboxylic acids is 1. The van der Waals surface area contributed by atoms with Crippen LogP contribution in [-0.2, 0) is 11.3 Å². The van der Waals surface area contributed by atoms with Gasteiger partial charge in [-0.05, 0) is 24.8 Å². The van der Waals surface area contributed by atoms with Gasteiger partial charge < -0.3 is 10.2 Å². The number of benzene rings is 1. The van der Waals surface area contributed by atoms with Crippen molar-refractivity contribution in [1.82, 2.24) is 10.2 Å². The highest BCUT2D eigenvalue weighted by Gasteiger charge is 2.39. The van der Waals surface area contributed by atoms with Gasteiger partial charge in [0.05, 0.1) is 5.54 Å². The summed E-state index contributed by atoms with van der Waals surface area (Å²) in [5.74, 6) is 0.182. The average Bonchev–Trinajstić information content (AvgIpc) is 2.42. The van der Waals surface area contributed by atoms with Gasteiger partial charge in [-0.1, -0.05) is 44.2 Å². The summed E-state index contributed by atoms with van der Waals surface area (Å²) in [5.41, 5.74) is 0.796. The number of nitrogens with zero attached hydrogens (tertiary/aromatic N) is 1. The molecule has 1 aromatic carbocycles. The minimum absolute atomic E-state index is 0.0954. The first-order chi connectivity index (χ1) is 8.80. The summed E-state index contributed by atoms with van der Waals surface area (Å²) in [4.78, 5) is 14.6. The molecule has 0 saturated carbocycles. The van der Waals surface area contributed by atoms with Gasteiger partial charge in [0.25, 0.3) is 0 Å². The molecule has 1 saturated heterocycles. The highest BCUT2D eigenvalue weighted by Crippen LogP contribution is 2.25. The lowest BCUT2D eigenvalue weighted by Gasteiger charge is -2.30. The summed E-state index contributed by atoms with van der Waals surface area (Å²) in [5, 5.41) is 3.39. The third-order valence-corrected chi connectivity index (χ3v) is 3.67. The molecule has 1 aromatic rings. The molecule has 0 radical (unpaired) electrons. The fourth-order valence-electron chi connectivity index (χ4n) is 2.51. The molecule has 3 nitrogen and oxygen atoms in total. The first kappa shape index (κ1) is 14.1. The van der Waals surface area contributed by atoms with E-state index in [1.807, 2.05) is 36.9 Å². The molecule has 0 atom stereocenters. The molecule has 1 fully saturated rings. The van der Waals surface area contributed by atoms with Crippen LogP contribution in [0.1, 0.15) is 33.3 Å². The molecule has 3 heteroatoms. The Hall–Kier alpha value is -1.35. The van der Waals surface area contributed by atoms with E-state index < -0.39 is 5.54 Å². The Bertz CT molecular complexity index is 451. The number of rotatable bonds is 2. The maximum atomic E-state index is 12.6. The smallest absolute Gasteiger partial charge is 0.242 e. The van der Waals surface area contributed by atoms with Crippen LogP contribution in [0.2, 0.25) is 0 Å². The van der Waals surface area contributed by atoms with Crippen molar-refractivity contribution < 1.29 is 4.79 Å². The third-order valence-electron chi connectivity index (χ3n) is 3.67. The average molecular weight is 260 g/mol. The molecule has 1 amide bonds. The SMILES string of the molecule is CC1(C)CNC(C)(C)C(=O)N(Cc2ccccc2)C1. The second-order valence-corrected chi connectivity index (χ2v) is 6.79. The Morgan fingerprint density at radius 1 is 1.16 bits per heavy atom. The van der Waals surface area contributed by atoms with Gasteiger partial charge in [0.15, 0.2) is 0 Å². The van der Waals surface area contributed by atoms with E-state index in [1.54, 1.807) is 0 Å². The summed E-state index contributed by atoms with van der Waals surface area (Å²) < 4.78 is 0. The largest absolute Gasteiger partial charge is 0.336 e. The summed E-state index contributed by atoms with van der Waals surface area (Å²) in [7, 11) is 0. The van der Waals surface area contributed by atoms with E-state index in [1.165, 1.54) is 5.56 Å². The summed E-state index contributed by atoms with van der Waals surface area (Å²) >= 11 is 0. The second-order valence-electron chi connectivity index (χ2n) is 6.79. The van der Waals surface area contributed by atoms with Gasteiger partial charge in [-0.3, -0.25) is 4.79 Å². The topological polar surface area (TPSA) is 32.3 Å². The minimum Gasteiger partial charge on any atom is -0.336 e. The Kier molecular flexibility index (Phi) is 3.68. The monoisotopic (exact) mass is 260 g/mol. The molecular formula is C16H24N2O. The van der Waals surface area contributed by atoms with Crippen molar-refractivity contribution in [2.24, 2.45) is 5.41 Å². The quantitative estimate of drug-likeness (QED) is 0.885. The Balaban J connectivity index is 2.22. The highest BCUT2D eigenvalue weighted by molar-refractivity contribution is 5.85. The zero-order valence-corrected chi connectivity index (χ0v) is 12.4. The Morgan fingerprint density at radius 2 is 1.79 bits per heavy atom. The van der Waals surface area contributed by atoms with Gasteiger partial charge in [-0.15, -0.1) is 0 Å². The molecule has 1 heterocycles. The van der Waals surface area contributed by atoms with Gasteiger partial charge in [-0.25, -0.2) is 0 Å². The van der Waals surface area contributed by atoms with Crippen LogP contribution in [0, 0.1) is 5.41 Å². The molecule has 0 unspecified atom stereocenters. The van der Waals surface area contributed by atoms with Crippen molar-refractivity contribution in [2.45, 2.75) is 39.8 Å². The van der Waals surface area contributed by atoms with E-state index in [0.717, 1.165) is 13.1 Å². The lowest BCUT2D eigenvalue weighted by Crippen LogP contribution is -2.51. The van der Waals surface area contributed by atoms with Crippen molar-refractivity contribution in [2.75, 3.05) is 13.1 Å². The van der Waals surface area contributed by atoms with Crippen LogP contribution in [-0.4, -0.2) is 29.4 Å². The summed E-state index contributed by atoms with van der Waals surface area (Å²) in [6, 6.07) is 10.2. The van der Waals surface area contributed by atoms with Gasteiger partial charge in [0, 0.05) is 19.6 Å². The molecule has 1 aliphatic rings. The van der Waals surface area contributed by atoms with Crippen LogP contribution in [0.3, 0.4) is 0 Å². The number of hydrogen-bond acceptors (Lipinski definition) is 2. The number of amides is 1. The van der Waals surface area contributed by atoms with Gasteiger partial charge >= 0.3 is 0 Å². The summed E-state index contributed by atoms with van der Waals surface area (Å²) in [6.45, 7) is 10.7. The Morgan fingerprint density at radius 3 is 2.42 bits per heavy atom. The molecule has 0 bridgehead atoms. The van der Waals surface area contributed by atoms with Crippen LogP contribution >= 0.6 is 0 Å². The van der Waals surface area contributed by atoms with Crippen molar-refractivity contribution in [1.29, 1.82) is 0 Å². The first-order valence-corrected chi connectivity index (χ1v) is 6.89. The van der Waals surface area contributed by atoms with Crippen molar-refractivity contribution in [3.63, 3.8) is 0 Å². The number of hydrogen-bond donors (Lipinski definition) is 1. The van der Waals surface area contributed by atoms with Gasteiger partial charge in [0.2, 0.25) is 5.91 Å². The zero-order chi connectivity index (χ0) is 14.1. The molecule has 0 aromatic heterocycles. The molecule has 1 aliphatic heterocycles. The fraction of sp³-hybridized carbons (Fsp3) is 0.562. The lowest BCUT2D eigenvalue weighted by molar-refractivity contribution is -0.137. The zero-order valence-electron chi connectivity index (χ0n) is 12.4. The molecule has 2 rings (SSSR count). The lowest BCUT2D eigenvalue weighted by atomic mass is 9.93. The summed E-state index contributed by atoms with van der Waals surface area (Å²) in [6.07, 6.45) is 0. The van der Waals surface area contributed by atoms with E-state index in [9.17, 15) is 4.79 Å². The second kappa shape index (κ2) is 4.97. The normalized spacial score (nSPS) is 22.1. The van der Waals surface area contributed by atoms with Crippen molar-refractivity contribution in [3.05, 3.63) is 35.9 Å². The highest BCUT2D eigenvalue weighted by atomic mass is 16.2. The predicted molar refractivity (Wildman–Crippen MR) is 77.7 cm³/mol. The van der Waals surface area contributed by atoms with Crippen LogP contribution in [0.15, 0.2) is 30.3 Å². The predicted octanol–water partition coefficient (Wildman–Crippen LogP) is 2.42. The van der Waals surface area contributed by atoms with Crippen molar-refractivity contribution >= 4 is 5.91 Å². The molecule has 19 heavy (non-hydrogen) atoms. The fourth-order valence-corrected chi connectivity index (χ4v) is 2.51. The van der Waals surface area contributed by atoms with Gasteiger partial charge in [0.1, 0.15) is 0 Å². The van der Waals surface area contributed by atoms with Crippen LogP contribution < -0.4 is 5.32 Å². The van der Waals surface area contributed by atoms with Crippen LogP contribution in [0.5, 0.6) is 0 Å². The minimum atomic E-state index is -0.484. The van der Waals surface area contributed by atoms with E-state index in [2.05, 4.69) is 31.3 Å². The maximum absolute atomic E-state index is 12.6. The Labute approximate surface area is 116 Å². The van der Waals surface area contributed by atoms with Gasteiger partial charge in [-0.2, -0.15) is 0 Å². The molecule has 0 spiro atoms. The van der Waals surface area contributed by atoms with Crippen molar-refractivity contribution in [3.8, 4) is 0 Å². The standard InChI is InChI=1S/C16H24N2O/c1-15(2)11-17-16(3,4)14(19)18(12-15)10-13-8-6-5-7-9-13/h5-9,17H,10-12H2,1-4H3. The van der Waals surface area contributed by atoms with E-state index in [4.69, 9.17) is 0 Å². The third kappa shape index (κ3) is 3.35.